The average Bonchev–Trinajstić information content (AvgIpc) is 3.02. The van der Waals surface area contributed by atoms with E-state index in [-0.39, 0.29) is 17.7 Å². The molecule has 0 aromatic carbocycles. The van der Waals surface area contributed by atoms with Gasteiger partial charge in [0.25, 0.3) is 0 Å². The van der Waals surface area contributed by atoms with Gasteiger partial charge in [0.1, 0.15) is 0 Å². The van der Waals surface area contributed by atoms with E-state index in [0.717, 1.165) is 38.8 Å². The predicted molar refractivity (Wildman–Crippen MR) is 86.8 cm³/mol. The molecule has 0 saturated carbocycles. The van der Waals surface area contributed by atoms with Crippen molar-refractivity contribution in [3.63, 3.8) is 0 Å². The number of hydrogen-bond acceptors (Lipinski definition) is 4. The molecular weight excluding hydrogens is 302 g/mol. The third kappa shape index (κ3) is 4.67. The lowest BCUT2D eigenvalue weighted by molar-refractivity contribution is -0.133. The number of hydrogen-bond donors (Lipinski definition) is 1. The van der Waals surface area contributed by atoms with E-state index in [0.29, 0.717) is 31.8 Å². The lowest BCUT2D eigenvalue weighted by Gasteiger charge is -2.34. The maximum absolute atomic E-state index is 12.3. The van der Waals surface area contributed by atoms with E-state index in [1.54, 1.807) is 4.31 Å². The van der Waals surface area contributed by atoms with Crippen molar-refractivity contribution < 1.29 is 13.2 Å². The van der Waals surface area contributed by atoms with Crippen LogP contribution >= 0.6 is 0 Å². The Balaban J connectivity index is 1.75. The molecule has 7 heteroatoms. The van der Waals surface area contributed by atoms with Crippen LogP contribution in [0.4, 0.5) is 0 Å². The van der Waals surface area contributed by atoms with Gasteiger partial charge in [-0.15, -0.1) is 0 Å². The first-order valence-corrected chi connectivity index (χ1v) is 10.0. The smallest absolute Gasteiger partial charge is 0.222 e. The molecule has 22 heavy (non-hydrogen) atoms. The van der Waals surface area contributed by atoms with Crippen molar-refractivity contribution in [2.75, 3.05) is 31.9 Å². The van der Waals surface area contributed by atoms with E-state index in [1.165, 1.54) is 0 Å². The summed E-state index contributed by atoms with van der Waals surface area (Å²) in [5.41, 5.74) is 5.93. The highest BCUT2D eigenvalue weighted by molar-refractivity contribution is 7.89. The Labute approximate surface area is 134 Å². The number of carbonyl (C=O) groups is 1. The third-order valence-corrected chi connectivity index (χ3v) is 6.76. The Bertz CT molecular complexity index is 472. The van der Waals surface area contributed by atoms with Gasteiger partial charge in [-0.25, -0.2) is 12.7 Å². The maximum atomic E-state index is 12.3. The molecule has 2 unspecified atom stereocenters. The maximum Gasteiger partial charge on any atom is 0.222 e. The van der Waals surface area contributed by atoms with Crippen LogP contribution in [0.1, 0.15) is 45.4 Å². The third-order valence-electron chi connectivity index (χ3n) is 4.81. The van der Waals surface area contributed by atoms with Gasteiger partial charge in [-0.3, -0.25) is 4.79 Å². The summed E-state index contributed by atoms with van der Waals surface area (Å²) in [7, 11) is -3.17. The summed E-state index contributed by atoms with van der Waals surface area (Å²) in [5, 5.41) is 0. The molecule has 2 aliphatic heterocycles. The van der Waals surface area contributed by atoms with Crippen molar-refractivity contribution in [2.45, 2.75) is 51.5 Å². The van der Waals surface area contributed by atoms with E-state index in [2.05, 4.69) is 0 Å². The zero-order chi connectivity index (χ0) is 16.2. The normalized spacial score (nSPS) is 25.4. The van der Waals surface area contributed by atoms with Crippen LogP contribution < -0.4 is 5.73 Å². The average molecular weight is 331 g/mol. The summed E-state index contributed by atoms with van der Waals surface area (Å²) in [6.07, 6.45) is 4.69. The van der Waals surface area contributed by atoms with Gasteiger partial charge in [-0.2, -0.15) is 0 Å². The molecule has 128 valence electrons. The van der Waals surface area contributed by atoms with Crippen LogP contribution in [0.15, 0.2) is 0 Å². The standard InChI is InChI=1S/C15H29N3O3S/c1-13(16)14-6-4-8-17(12-14)15(19)7-5-11-22(20,21)18-9-2-3-10-18/h13-14H,2-12,16H2,1H3. The van der Waals surface area contributed by atoms with E-state index < -0.39 is 10.0 Å². The van der Waals surface area contributed by atoms with Gasteiger partial charge in [-0.1, -0.05) is 0 Å². The summed E-state index contributed by atoms with van der Waals surface area (Å²) < 4.78 is 25.8. The summed E-state index contributed by atoms with van der Waals surface area (Å²) in [6.45, 7) is 4.76. The van der Waals surface area contributed by atoms with Gasteiger partial charge in [-0.05, 0) is 44.9 Å². The van der Waals surface area contributed by atoms with Crippen molar-refractivity contribution in [2.24, 2.45) is 11.7 Å². The number of rotatable bonds is 6. The Morgan fingerprint density at radius 3 is 2.55 bits per heavy atom. The zero-order valence-electron chi connectivity index (χ0n) is 13.5. The van der Waals surface area contributed by atoms with Gasteiger partial charge in [0, 0.05) is 38.6 Å². The second-order valence-electron chi connectivity index (χ2n) is 6.63. The molecule has 0 aliphatic carbocycles. The Kier molecular flexibility index (Phi) is 6.23. The summed E-state index contributed by atoms with van der Waals surface area (Å²) in [5.74, 6) is 0.525. The Morgan fingerprint density at radius 1 is 1.23 bits per heavy atom. The van der Waals surface area contributed by atoms with Crippen molar-refractivity contribution in [1.29, 1.82) is 0 Å². The molecule has 2 saturated heterocycles. The van der Waals surface area contributed by atoms with Gasteiger partial charge in [0.15, 0.2) is 0 Å². The molecule has 2 N–H and O–H groups in total. The van der Waals surface area contributed by atoms with Crippen LogP contribution in [0, 0.1) is 5.92 Å². The molecule has 0 aromatic heterocycles. The molecule has 2 fully saturated rings. The minimum atomic E-state index is -3.17. The molecule has 0 bridgehead atoms. The fourth-order valence-electron chi connectivity index (χ4n) is 3.32. The fourth-order valence-corrected chi connectivity index (χ4v) is 4.91. The molecule has 2 rings (SSSR count). The molecular formula is C15H29N3O3S. The first-order valence-electron chi connectivity index (χ1n) is 8.41. The number of carbonyl (C=O) groups excluding carboxylic acids is 1. The molecule has 0 radical (unpaired) electrons. The van der Waals surface area contributed by atoms with Gasteiger partial charge >= 0.3 is 0 Å². The molecule has 0 spiro atoms. The van der Waals surface area contributed by atoms with E-state index >= 15 is 0 Å². The van der Waals surface area contributed by atoms with Crippen LogP contribution in [0.5, 0.6) is 0 Å². The minimum absolute atomic E-state index is 0.0713. The predicted octanol–water partition coefficient (Wildman–Crippen LogP) is 0.778. The molecule has 1 amide bonds. The second kappa shape index (κ2) is 7.75. The lowest BCUT2D eigenvalue weighted by Crippen LogP contribution is -2.45. The number of nitrogens with zero attached hydrogens (tertiary/aromatic N) is 2. The Hall–Kier alpha value is -0.660. The van der Waals surface area contributed by atoms with Gasteiger partial charge in [0.2, 0.25) is 15.9 Å². The molecule has 2 atom stereocenters. The van der Waals surface area contributed by atoms with Crippen molar-refractivity contribution in [3.05, 3.63) is 0 Å². The second-order valence-corrected chi connectivity index (χ2v) is 8.72. The minimum Gasteiger partial charge on any atom is -0.342 e. The molecule has 0 aromatic rings. The molecule has 2 aliphatic rings. The zero-order valence-corrected chi connectivity index (χ0v) is 14.4. The van der Waals surface area contributed by atoms with Gasteiger partial charge in [0.05, 0.1) is 5.75 Å². The van der Waals surface area contributed by atoms with Crippen LogP contribution in [0.2, 0.25) is 0 Å². The first-order chi connectivity index (χ1) is 10.4. The topological polar surface area (TPSA) is 83.7 Å². The number of likely N-dealkylation sites (tertiary alicyclic amines) is 1. The summed E-state index contributed by atoms with van der Waals surface area (Å²) in [6, 6.07) is 0.103. The van der Waals surface area contributed by atoms with E-state index in [1.807, 2.05) is 11.8 Å². The van der Waals surface area contributed by atoms with Crippen molar-refractivity contribution in [3.8, 4) is 0 Å². The number of piperidine rings is 1. The largest absolute Gasteiger partial charge is 0.342 e. The summed E-state index contributed by atoms with van der Waals surface area (Å²) >= 11 is 0. The first kappa shape index (κ1) is 17.7. The van der Waals surface area contributed by atoms with Crippen LogP contribution in [-0.4, -0.2) is 61.5 Å². The van der Waals surface area contributed by atoms with E-state index in [4.69, 9.17) is 5.73 Å². The van der Waals surface area contributed by atoms with Crippen LogP contribution in [0.25, 0.3) is 0 Å². The number of amides is 1. The quantitative estimate of drug-likeness (QED) is 0.779. The van der Waals surface area contributed by atoms with Crippen LogP contribution in [-0.2, 0) is 14.8 Å². The highest BCUT2D eigenvalue weighted by Crippen LogP contribution is 2.20. The lowest BCUT2D eigenvalue weighted by atomic mass is 9.92. The van der Waals surface area contributed by atoms with E-state index in [9.17, 15) is 13.2 Å². The highest BCUT2D eigenvalue weighted by atomic mass is 32.2. The Morgan fingerprint density at radius 2 is 1.91 bits per heavy atom. The van der Waals surface area contributed by atoms with Crippen LogP contribution in [0.3, 0.4) is 0 Å². The van der Waals surface area contributed by atoms with Crippen molar-refractivity contribution >= 4 is 15.9 Å². The molecule has 6 nitrogen and oxygen atoms in total. The fraction of sp³-hybridized carbons (Fsp3) is 0.933. The number of sulfonamides is 1. The SMILES string of the molecule is CC(N)C1CCCN(C(=O)CCCS(=O)(=O)N2CCCC2)C1. The summed E-state index contributed by atoms with van der Waals surface area (Å²) in [4.78, 5) is 14.1. The van der Waals surface area contributed by atoms with Crippen molar-refractivity contribution in [1.82, 2.24) is 9.21 Å². The monoisotopic (exact) mass is 331 g/mol. The van der Waals surface area contributed by atoms with Gasteiger partial charge < -0.3 is 10.6 Å². The molecule has 2 heterocycles. The number of nitrogens with two attached hydrogens (primary N) is 1. The highest BCUT2D eigenvalue weighted by Gasteiger charge is 2.27.